The summed E-state index contributed by atoms with van der Waals surface area (Å²) in [5.74, 6) is -0.208. The predicted molar refractivity (Wildman–Crippen MR) is 97.4 cm³/mol. The van der Waals surface area contributed by atoms with Crippen molar-refractivity contribution in [3.05, 3.63) is 42.6 Å². The number of fused-ring (bicyclic) bond motifs is 1. The molecular weight excluding hydrogens is 338 g/mol. The molecule has 1 aromatic heterocycles. The van der Waals surface area contributed by atoms with E-state index in [9.17, 15) is 9.59 Å². The Hall–Kier alpha value is -2.25. The third-order valence-corrected chi connectivity index (χ3v) is 5.19. The van der Waals surface area contributed by atoms with Gasteiger partial charge in [-0.05, 0) is 30.6 Å². The molecule has 3 rings (SSSR count). The average molecular weight is 359 g/mol. The van der Waals surface area contributed by atoms with Crippen LogP contribution in [0.3, 0.4) is 0 Å². The van der Waals surface area contributed by atoms with Crippen LogP contribution in [0.15, 0.2) is 36.9 Å². The first-order valence-electron chi connectivity index (χ1n) is 8.24. The minimum atomic E-state index is -0.242. The van der Waals surface area contributed by atoms with Crippen LogP contribution in [-0.4, -0.2) is 52.9 Å². The van der Waals surface area contributed by atoms with Gasteiger partial charge in [-0.1, -0.05) is 24.8 Å². The second kappa shape index (κ2) is 7.76. The van der Waals surface area contributed by atoms with Crippen molar-refractivity contribution < 1.29 is 14.3 Å². The first-order valence-corrected chi connectivity index (χ1v) is 9.01. The van der Waals surface area contributed by atoms with E-state index < -0.39 is 0 Å². The Bertz CT molecular complexity index is 789. The van der Waals surface area contributed by atoms with Crippen LogP contribution in [0.2, 0.25) is 0 Å². The molecule has 1 saturated heterocycles. The molecule has 132 valence electrons. The van der Waals surface area contributed by atoms with Crippen LogP contribution in [-0.2, 0) is 20.7 Å². The van der Waals surface area contributed by atoms with E-state index in [0.29, 0.717) is 19.7 Å². The number of aromatic nitrogens is 1. The molecule has 0 bridgehead atoms. The quantitative estimate of drug-likeness (QED) is 0.826. The van der Waals surface area contributed by atoms with Crippen LogP contribution >= 0.6 is 11.5 Å². The first kappa shape index (κ1) is 17.6. The lowest BCUT2D eigenvalue weighted by Gasteiger charge is -2.36. The van der Waals surface area contributed by atoms with Crippen molar-refractivity contribution >= 4 is 33.4 Å². The normalized spacial score (nSPS) is 18.8. The summed E-state index contributed by atoms with van der Waals surface area (Å²) in [4.78, 5) is 25.9. The fourth-order valence-corrected chi connectivity index (χ4v) is 3.70. The van der Waals surface area contributed by atoms with Crippen molar-refractivity contribution in [2.24, 2.45) is 0 Å². The average Bonchev–Trinajstić information content (AvgIpc) is 3.04. The van der Waals surface area contributed by atoms with Crippen molar-refractivity contribution in [2.45, 2.75) is 25.5 Å². The SMILES string of the molecule is C=CC(=O)NC(C)C1CN(C(=O)Cc2nsc3ccccc23)CCO1. The topological polar surface area (TPSA) is 71.5 Å². The van der Waals surface area contributed by atoms with Crippen molar-refractivity contribution in [2.75, 3.05) is 19.7 Å². The highest BCUT2D eigenvalue weighted by Gasteiger charge is 2.29. The molecule has 2 aromatic rings. The van der Waals surface area contributed by atoms with Gasteiger partial charge in [0.15, 0.2) is 0 Å². The van der Waals surface area contributed by atoms with E-state index in [4.69, 9.17) is 4.74 Å². The maximum absolute atomic E-state index is 12.7. The van der Waals surface area contributed by atoms with Gasteiger partial charge in [0.2, 0.25) is 11.8 Å². The number of hydrogen-bond donors (Lipinski definition) is 1. The van der Waals surface area contributed by atoms with Gasteiger partial charge < -0.3 is 15.0 Å². The van der Waals surface area contributed by atoms with Crippen LogP contribution < -0.4 is 5.32 Å². The zero-order valence-corrected chi connectivity index (χ0v) is 14.9. The molecule has 1 aromatic carbocycles. The Morgan fingerprint density at radius 1 is 1.52 bits per heavy atom. The molecule has 0 spiro atoms. The zero-order valence-electron chi connectivity index (χ0n) is 14.1. The molecule has 25 heavy (non-hydrogen) atoms. The number of hydrogen-bond acceptors (Lipinski definition) is 5. The van der Waals surface area contributed by atoms with Gasteiger partial charge in [-0.15, -0.1) is 0 Å². The summed E-state index contributed by atoms with van der Waals surface area (Å²) in [6.45, 7) is 6.79. The summed E-state index contributed by atoms with van der Waals surface area (Å²) in [6.07, 6.45) is 1.29. The number of ether oxygens (including phenoxy) is 1. The summed E-state index contributed by atoms with van der Waals surface area (Å²) in [7, 11) is 0. The van der Waals surface area contributed by atoms with Gasteiger partial charge >= 0.3 is 0 Å². The van der Waals surface area contributed by atoms with Crippen LogP contribution in [0.4, 0.5) is 0 Å². The Balaban J connectivity index is 1.64. The Morgan fingerprint density at radius 2 is 2.32 bits per heavy atom. The molecule has 0 aliphatic carbocycles. The van der Waals surface area contributed by atoms with Gasteiger partial charge in [-0.2, -0.15) is 4.37 Å². The summed E-state index contributed by atoms with van der Waals surface area (Å²) in [6, 6.07) is 7.74. The van der Waals surface area contributed by atoms with Crippen molar-refractivity contribution in [1.29, 1.82) is 0 Å². The third kappa shape index (κ3) is 4.05. The Morgan fingerprint density at radius 3 is 3.12 bits per heavy atom. The van der Waals surface area contributed by atoms with Crippen LogP contribution in [0, 0.1) is 0 Å². The van der Waals surface area contributed by atoms with Crippen molar-refractivity contribution in [1.82, 2.24) is 14.6 Å². The highest BCUT2D eigenvalue weighted by atomic mass is 32.1. The van der Waals surface area contributed by atoms with E-state index in [1.165, 1.54) is 17.6 Å². The molecule has 2 unspecified atom stereocenters. The van der Waals surface area contributed by atoms with E-state index in [-0.39, 0.29) is 30.4 Å². The Kier molecular flexibility index (Phi) is 5.45. The fraction of sp³-hybridized carbons (Fsp3) is 0.389. The summed E-state index contributed by atoms with van der Waals surface area (Å²) in [5.41, 5.74) is 0.821. The predicted octanol–water partition coefficient (Wildman–Crippen LogP) is 1.76. The number of carbonyl (C=O) groups excluding carboxylic acids is 2. The molecule has 0 saturated carbocycles. The first-order chi connectivity index (χ1) is 12.1. The van der Waals surface area contributed by atoms with Crippen LogP contribution in [0.1, 0.15) is 12.6 Å². The minimum Gasteiger partial charge on any atom is -0.372 e. The van der Waals surface area contributed by atoms with E-state index in [0.717, 1.165) is 15.8 Å². The maximum Gasteiger partial charge on any atom is 0.243 e. The number of amides is 2. The van der Waals surface area contributed by atoms with Gasteiger partial charge in [-0.25, -0.2) is 0 Å². The summed E-state index contributed by atoms with van der Waals surface area (Å²) in [5, 5.41) is 3.84. The molecular formula is C18H21N3O3S. The smallest absolute Gasteiger partial charge is 0.243 e. The summed E-state index contributed by atoms with van der Waals surface area (Å²) >= 11 is 1.42. The number of nitrogens with zero attached hydrogens (tertiary/aromatic N) is 2. The van der Waals surface area contributed by atoms with E-state index in [1.54, 1.807) is 4.90 Å². The minimum absolute atomic E-state index is 0.0339. The van der Waals surface area contributed by atoms with Crippen LogP contribution in [0.25, 0.3) is 10.1 Å². The molecule has 2 amide bonds. The number of nitrogens with one attached hydrogen (secondary N) is 1. The molecule has 6 nitrogen and oxygen atoms in total. The highest BCUT2D eigenvalue weighted by molar-refractivity contribution is 7.13. The largest absolute Gasteiger partial charge is 0.372 e. The van der Waals surface area contributed by atoms with E-state index >= 15 is 0 Å². The van der Waals surface area contributed by atoms with E-state index in [1.807, 2.05) is 31.2 Å². The molecule has 2 heterocycles. The van der Waals surface area contributed by atoms with Crippen molar-refractivity contribution in [3.63, 3.8) is 0 Å². The summed E-state index contributed by atoms with van der Waals surface area (Å²) < 4.78 is 11.2. The monoisotopic (exact) mass is 359 g/mol. The van der Waals surface area contributed by atoms with Gasteiger partial charge in [-0.3, -0.25) is 9.59 Å². The molecule has 1 fully saturated rings. The van der Waals surface area contributed by atoms with Gasteiger partial charge in [0.1, 0.15) is 0 Å². The molecule has 0 radical (unpaired) electrons. The van der Waals surface area contributed by atoms with Crippen LogP contribution in [0.5, 0.6) is 0 Å². The molecule has 1 aliphatic heterocycles. The molecule has 2 atom stereocenters. The van der Waals surface area contributed by atoms with E-state index in [2.05, 4.69) is 16.3 Å². The second-order valence-electron chi connectivity index (χ2n) is 6.05. The molecule has 7 heteroatoms. The number of carbonyl (C=O) groups is 2. The fourth-order valence-electron chi connectivity index (χ4n) is 2.90. The molecule has 1 N–H and O–H groups in total. The highest BCUT2D eigenvalue weighted by Crippen LogP contribution is 2.23. The lowest BCUT2D eigenvalue weighted by molar-refractivity contribution is -0.139. The zero-order chi connectivity index (χ0) is 17.8. The number of rotatable bonds is 5. The van der Waals surface area contributed by atoms with Gasteiger partial charge in [0, 0.05) is 18.5 Å². The number of morpholine rings is 1. The van der Waals surface area contributed by atoms with Crippen molar-refractivity contribution in [3.8, 4) is 0 Å². The second-order valence-corrected chi connectivity index (χ2v) is 6.86. The maximum atomic E-state index is 12.7. The third-order valence-electron chi connectivity index (χ3n) is 4.33. The lowest BCUT2D eigenvalue weighted by Crippen LogP contribution is -2.53. The standard InChI is InChI=1S/C18H21N3O3S/c1-3-17(22)19-12(2)15-11-21(8-9-24-15)18(23)10-14-13-6-4-5-7-16(13)25-20-14/h3-7,12,15H,1,8-11H2,2H3,(H,19,22). The molecule has 1 aliphatic rings. The Labute approximate surface area is 150 Å². The van der Waals surface area contributed by atoms with Gasteiger partial charge in [0.05, 0.1) is 35.6 Å². The van der Waals surface area contributed by atoms with Gasteiger partial charge in [0.25, 0.3) is 0 Å². The number of benzene rings is 1. The lowest BCUT2D eigenvalue weighted by atomic mass is 10.1.